The molecule has 35 heavy (non-hydrogen) atoms. The van der Waals surface area contributed by atoms with Gasteiger partial charge in [0.1, 0.15) is 12.4 Å². The monoisotopic (exact) mass is 470 g/mol. The number of Topliss-reactive ketones (excluding diaryl/α,β-unsaturated/α-hetero) is 1. The third-order valence-corrected chi connectivity index (χ3v) is 5.63. The van der Waals surface area contributed by atoms with E-state index in [0.29, 0.717) is 35.8 Å². The van der Waals surface area contributed by atoms with Crippen molar-refractivity contribution in [3.05, 3.63) is 108 Å². The van der Waals surface area contributed by atoms with Crippen LogP contribution in [-0.4, -0.2) is 39.9 Å². The Morgan fingerprint density at radius 3 is 2.49 bits per heavy atom. The first kappa shape index (κ1) is 23.8. The lowest BCUT2D eigenvalue weighted by Gasteiger charge is -2.26. The van der Waals surface area contributed by atoms with E-state index in [2.05, 4.69) is 11.6 Å². The predicted octanol–water partition coefficient (Wildman–Crippen LogP) is 4.67. The molecule has 1 aliphatic rings. The number of aliphatic hydroxyl groups is 1. The molecule has 1 aliphatic heterocycles. The molecule has 0 radical (unpaired) electrons. The van der Waals surface area contributed by atoms with E-state index in [-0.39, 0.29) is 17.9 Å². The standard InChI is InChI=1S/C28H26N2O5/c1-3-16-35-22-11-10-21(17-23(22)34-4-2)25-24(26(31)20-8-6-5-7-9-20)27(32)28(33)30(25)18-19-12-14-29-15-13-19/h3,5-15,17,25,31H,1,4,16,18H2,2H3/b26-24+. The number of pyridine rings is 1. The van der Waals surface area contributed by atoms with Crippen molar-refractivity contribution < 1.29 is 24.2 Å². The number of aromatic nitrogens is 1. The Kier molecular flexibility index (Phi) is 7.26. The normalized spacial score (nSPS) is 16.8. The fourth-order valence-corrected chi connectivity index (χ4v) is 4.06. The zero-order valence-corrected chi connectivity index (χ0v) is 19.4. The molecule has 7 nitrogen and oxygen atoms in total. The first-order valence-corrected chi connectivity index (χ1v) is 11.3. The molecule has 2 heterocycles. The fourth-order valence-electron chi connectivity index (χ4n) is 4.06. The van der Waals surface area contributed by atoms with Gasteiger partial charge >= 0.3 is 0 Å². The zero-order chi connectivity index (χ0) is 24.8. The molecule has 0 saturated carbocycles. The lowest BCUT2D eigenvalue weighted by Crippen LogP contribution is -2.29. The van der Waals surface area contributed by atoms with E-state index in [4.69, 9.17) is 9.47 Å². The van der Waals surface area contributed by atoms with E-state index in [1.807, 2.05) is 13.0 Å². The molecule has 178 valence electrons. The highest BCUT2D eigenvalue weighted by Crippen LogP contribution is 2.42. The maximum atomic E-state index is 13.2. The third-order valence-electron chi connectivity index (χ3n) is 5.63. The van der Waals surface area contributed by atoms with Gasteiger partial charge in [0.05, 0.1) is 18.2 Å². The fraction of sp³-hybridized carbons (Fsp3) is 0.179. The van der Waals surface area contributed by atoms with Gasteiger partial charge in [0.25, 0.3) is 11.7 Å². The summed E-state index contributed by atoms with van der Waals surface area (Å²) in [5.41, 5.74) is 1.90. The lowest BCUT2D eigenvalue weighted by molar-refractivity contribution is -0.140. The van der Waals surface area contributed by atoms with Gasteiger partial charge in [-0.05, 0) is 42.3 Å². The van der Waals surface area contributed by atoms with Crippen molar-refractivity contribution in [1.82, 2.24) is 9.88 Å². The van der Waals surface area contributed by atoms with Crippen molar-refractivity contribution in [3.8, 4) is 11.5 Å². The van der Waals surface area contributed by atoms with E-state index >= 15 is 0 Å². The van der Waals surface area contributed by atoms with E-state index in [0.717, 1.165) is 5.56 Å². The van der Waals surface area contributed by atoms with Gasteiger partial charge in [-0.3, -0.25) is 14.6 Å². The quantitative estimate of drug-likeness (QED) is 0.212. The minimum absolute atomic E-state index is 0.0254. The van der Waals surface area contributed by atoms with Crippen LogP contribution in [-0.2, 0) is 16.1 Å². The molecule has 1 aromatic heterocycles. The lowest BCUT2D eigenvalue weighted by atomic mass is 9.95. The average Bonchev–Trinajstić information content (AvgIpc) is 3.13. The van der Waals surface area contributed by atoms with E-state index in [1.165, 1.54) is 4.90 Å². The van der Waals surface area contributed by atoms with Gasteiger partial charge in [-0.15, -0.1) is 0 Å². The zero-order valence-electron chi connectivity index (χ0n) is 19.4. The van der Waals surface area contributed by atoms with E-state index < -0.39 is 17.7 Å². The van der Waals surface area contributed by atoms with Gasteiger partial charge in [0.2, 0.25) is 0 Å². The Bertz CT molecular complexity index is 1250. The Hall–Kier alpha value is -4.39. The molecule has 0 bridgehead atoms. The molecule has 1 atom stereocenters. The van der Waals surface area contributed by atoms with Crippen LogP contribution in [0.1, 0.15) is 29.7 Å². The van der Waals surface area contributed by atoms with Crippen molar-refractivity contribution in [3.63, 3.8) is 0 Å². The summed E-state index contributed by atoms with van der Waals surface area (Å²) in [5.74, 6) is -0.661. The van der Waals surface area contributed by atoms with Crippen LogP contribution in [0.2, 0.25) is 0 Å². The Labute approximate surface area is 203 Å². The number of carbonyl (C=O) groups is 2. The molecule has 0 aliphatic carbocycles. The number of hydrogen-bond donors (Lipinski definition) is 1. The first-order valence-electron chi connectivity index (χ1n) is 11.3. The van der Waals surface area contributed by atoms with Crippen molar-refractivity contribution in [2.45, 2.75) is 19.5 Å². The van der Waals surface area contributed by atoms with Crippen LogP contribution < -0.4 is 9.47 Å². The number of rotatable bonds is 9. The average molecular weight is 471 g/mol. The number of aliphatic hydroxyl groups excluding tert-OH is 1. The summed E-state index contributed by atoms with van der Waals surface area (Å²) in [5, 5.41) is 11.2. The Morgan fingerprint density at radius 1 is 1.06 bits per heavy atom. The Balaban J connectivity index is 1.86. The highest BCUT2D eigenvalue weighted by Gasteiger charge is 2.46. The molecule has 1 unspecified atom stereocenters. The summed E-state index contributed by atoms with van der Waals surface area (Å²) >= 11 is 0. The minimum atomic E-state index is -0.823. The molecule has 1 N–H and O–H groups in total. The molecule has 1 saturated heterocycles. The van der Waals surface area contributed by atoms with Gasteiger partial charge < -0.3 is 19.5 Å². The molecular formula is C28H26N2O5. The summed E-state index contributed by atoms with van der Waals surface area (Å²) in [6, 6.07) is 16.7. The second kappa shape index (κ2) is 10.7. The molecule has 1 fully saturated rings. The number of benzene rings is 2. The smallest absolute Gasteiger partial charge is 0.295 e. The second-order valence-corrected chi connectivity index (χ2v) is 7.89. The number of nitrogens with zero attached hydrogens (tertiary/aromatic N) is 2. The second-order valence-electron chi connectivity index (χ2n) is 7.89. The maximum Gasteiger partial charge on any atom is 0.295 e. The summed E-state index contributed by atoms with van der Waals surface area (Å²) in [6.45, 7) is 6.39. The topological polar surface area (TPSA) is 89.0 Å². The van der Waals surface area contributed by atoms with Gasteiger partial charge in [0, 0.05) is 24.5 Å². The van der Waals surface area contributed by atoms with Gasteiger partial charge in [-0.1, -0.05) is 49.1 Å². The van der Waals surface area contributed by atoms with Crippen LogP contribution in [0.25, 0.3) is 5.76 Å². The summed E-state index contributed by atoms with van der Waals surface area (Å²) in [4.78, 5) is 31.9. The molecule has 4 rings (SSSR count). The maximum absolute atomic E-state index is 13.2. The summed E-state index contributed by atoms with van der Waals surface area (Å²) in [7, 11) is 0. The van der Waals surface area contributed by atoms with E-state index in [9.17, 15) is 14.7 Å². The van der Waals surface area contributed by atoms with Gasteiger partial charge in [-0.2, -0.15) is 0 Å². The van der Waals surface area contributed by atoms with Gasteiger partial charge in [-0.25, -0.2) is 0 Å². The molecule has 0 spiro atoms. The number of carbonyl (C=O) groups excluding carboxylic acids is 2. The SMILES string of the molecule is C=CCOc1ccc(C2/C(=C(\O)c3ccccc3)C(=O)C(=O)N2Cc2ccncc2)cc1OCC. The number of ketones is 1. The largest absolute Gasteiger partial charge is 0.507 e. The molecule has 3 aromatic rings. The van der Waals surface area contributed by atoms with Crippen molar-refractivity contribution in [2.24, 2.45) is 0 Å². The van der Waals surface area contributed by atoms with Crippen molar-refractivity contribution in [2.75, 3.05) is 13.2 Å². The van der Waals surface area contributed by atoms with Crippen LogP contribution >= 0.6 is 0 Å². The molecular weight excluding hydrogens is 444 g/mol. The third kappa shape index (κ3) is 4.94. The van der Waals surface area contributed by atoms with E-state index in [1.54, 1.807) is 73.1 Å². The molecule has 2 aromatic carbocycles. The number of likely N-dealkylation sites (tertiary alicyclic amines) is 1. The van der Waals surface area contributed by atoms with Crippen LogP contribution in [0, 0.1) is 0 Å². The van der Waals surface area contributed by atoms with Gasteiger partial charge in [0.15, 0.2) is 11.5 Å². The summed E-state index contributed by atoms with van der Waals surface area (Å²) in [6.07, 6.45) is 4.89. The van der Waals surface area contributed by atoms with Crippen LogP contribution in [0.3, 0.4) is 0 Å². The number of ether oxygens (including phenoxy) is 2. The van der Waals surface area contributed by atoms with Crippen molar-refractivity contribution in [1.29, 1.82) is 0 Å². The highest BCUT2D eigenvalue weighted by atomic mass is 16.5. The predicted molar refractivity (Wildman–Crippen MR) is 132 cm³/mol. The van der Waals surface area contributed by atoms with Crippen LogP contribution in [0.15, 0.2) is 91.3 Å². The first-order chi connectivity index (χ1) is 17.0. The van der Waals surface area contributed by atoms with Crippen LogP contribution in [0.4, 0.5) is 0 Å². The highest BCUT2D eigenvalue weighted by molar-refractivity contribution is 6.46. The molecule has 7 heteroatoms. The Morgan fingerprint density at radius 2 is 1.80 bits per heavy atom. The van der Waals surface area contributed by atoms with Crippen molar-refractivity contribution >= 4 is 17.4 Å². The minimum Gasteiger partial charge on any atom is -0.507 e. The number of amides is 1. The van der Waals surface area contributed by atoms with Crippen LogP contribution in [0.5, 0.6) is 11.5 Å². The molecule has 1 amide bonds. The number of hydrogen-bond acceptors (Lipinski definition) is 6. The summed E-state index contributed by atoms with van der Waals surface area (Å²) < 4.78 is 11.5.